The number of fused-ring (bicyclic) bond motifs is 1. The van der Waals surface area contributed by atoms with E-state index in [0.717, 1.165) is 49.9 Å². The number of nitrogens with zero attached hydrogens (tertiary/aromatic N) is 3. The molecular weight excluding hydrogens is 456 g/mol. The minimum Gasteiger partial charge on any atom is -0.467 e. The zero-order chi connectivity index (χ0) is 25.5. The van der Waals surface area contributed by atoms with Gasteiger partial charge in [-0.1, -0.05) is 30.3 Å². The van der Waals surface area contributed by atoms with Crippen molar-refractivity contribution < 1.29 is 14.3 Å². The molecule has 4 rings (SSSR count). The molecule has 194 valence electrons. The first-order valence-corrected chi connectivity index (χ1v) is 13.0. The highest BCUT2D eigenvalue weighted by atomic mass is 16.5. The van der Waals surface area contributed by atoms with Crippen molar-refractivity contribution in [2.45, 2.75) is 75.9 Å². The molecule has 1 fully saturated rings. The monoisotopic (exact) mass is 494 g/mol. The topological polar surface area (TPSA) is 108 Å². The Balaban J connectivity index is 1.28. The predicted molar refractivity (Wildman–Crippen MR) is 140 cm³/mol. The van der Waals surface area contributed by atoms with E-state index in [4.69, 9.17) is 14.7 Å². The van der Waals surface area contributed by atoms with Crippen LogP contribution in [-0.4, -0.2) is 61.3 Å². The van der Waals surface area contributed by atoms with Crippen LogP contribution in [0.3, 0.4) is 0 Å². The van der Waals surface area contributed by atoms with Gasteiger partial charge in [-0.2, -0.15) is 4.98 Å². The number of nitrogens with one attached hydrogen (secondary N) is 3. The van der Waals surface area contributed by atoms with E-state index in [-0.39, 0.29) is 18.1 Å². The maximum atomic E-state index is 12.7. The maximum absolute atomic E-state index is 12.7. The lowest BCUT2D eigenvalue weighted by molar-refractivity contribution is -0.142. The van der Waals surface area contributed by atoms with Crippen LogP contribution in [0.15, 0.2) is 30.3 Å². The SMILES string of the molecule is COC(=O)C(Cc1ccccc1)NC(=O)NC1CCC(Nc2nc3c(c(N(C)C)n2)CCCC3)CC1. The van der Waals surface area contributed by atoms with E-state index in [2.05, 4.69) is 20.9 Å². The first-order chi connectivity index (χ1) is 17.4. The maximum Gasteiger partial charge on any atom is 0.328 e. The summed E-state index contributed by atoms with van der Waals surface area (Å²) >= 11 is 0. The minimum absolute atomic E-state index is 0.0554. The van der Waals surface area contributed by atoms with Gasteiger partial charge in [-0.25, -0.2) is 14.6 Å². The number of rotatable bonds is 8. The van der Waals surface area contributed by atoms with Gasteiger partial charge in [0.05, 0.1) is 12.8 Å². The normalized spacial score (nSPS) is 20.0. The summed E-state index contributed by atoms with van der Waals surface area (Å²) in [5.74, 6) is 1.27. The van der Waals surface area contributed by atoms with Gasteiger partial charge in [0.1, 0.15) is 11.9 Å². The molecule has 1 heterocycles. The summed E-state index contributed by atoms with van der Waals surface area (Å²) in [6, 6.07) is 8.84. The van der Waals surface area contributed by atoms with Gasteiger partial charge >= 0.3 is 12.0 Å². The fourth-order valence-corrected chi connectivity index (χ4v) is 5.14. The molecule has 3 N–H and O–H groups in total. The number of carbonyl (C=O) groups excluding carboxylic acids is 2. The fraction of sp³-hybridized carbons (Fsp3) is 0.556. The van der Waals surface area contributed by atoms with Crippen LogP contribution in [0.2, 0.25) is 0 Å². The van der Waals surface area contributed by atoms with Crippen LogP contribution >= 0.6 is 0 Å². The second-order valence-corrected chi connectivity index (χ2v) is 9.97. The number of aryl methyl sites for hydroxylation is 1. The molecule has 36 heavy (non-hydrogen) atoms. The molecule has 1 unspecified atom stereocenters. The van der Waals surface area contributed by atoms with Crippen molar-refractivity contribution in [1.82, 2.24) is 20.6 Å². The number of ether oxygens (including phenoxy) is 1. The summed E-state index contributed by atoms with van der Waals surface area (Å²) in [7, 11) is 5.41. The smallest absolute Gasteiger partial charge is 0.328 e. The van der Waals surface area contributed by atoms with Gasteiger partial charge in [0.2, 0.25) is 5.95 Å². The Morgan fingerprint density at radius 1 is 1.03 bits per heavy atom. The van der Waals surface area contributed by atoms with Crippen LogP contribution in [0.5, 0.6) is 0 Å². The first kappa shape index (κ1) is 25.7. The van der Waals surface area contributed by atoms with E-state index in [1.54, 1.807) is 0 Å². The third kappa shape index (κ3) is 6.65. The number of methoxy groups -OCH3 is 1. The Kier molecular flexibility index (Phi) is 8.61. The summed E-state index contributed by atoms with van der Waals surface area (Å²) in [4.78, 5) is 36.6. The van der Waals surface area contributed by atoms with Crippen molar-refractivity contribution in [2.75, 3.05) is 31.4 Å². The lowest BCUT2D eigenvalue weighted by Gasteiger charge is -2.31. The standard InChI is InChI=1S/C27H38N6O3/c1-33(2)24-21-11-7-8-12-22(21)30-26(32-24)28-19-13-15-20(16-14-19)29-27(35)31-23(25(34)36-3)17-18-9-5-4-6-10-18/h4-6,9-10,19-20,23H,7-8,11-17H2,1-3H3,(H,28,30,32)(H2,29,31,35). The molecule has 1 saturated carbocycles. The molecule has 0 spiro atoms. The number of aromatic nitrogens is 2. The zero-order valence-corrected chi connectivity index (χ0v) is 21.5. The number of hydrogen-bond donors (Lipinski definition) is 3. The first-order valence-electron chi connectivity index (χ1n) is 13.0. The van der Waals surface area contributed by atoms with Crippen LogP contribution in [0, 0.1) is 0 Å². The van der Waals surface area contributed by atoms with Crippen LogP contribution in [0.4, 0.5) is 16.6 Å². The van der Waals surface area contributed by atoms with E-state index < -0.39 is 12.0 Å². The lowest BCUT2D eigenvalue weighted by atomic mass is 9.91. The van der Waals surface area contributed by atoms with E-state index in [0.29, 0.717) is 12.4 Å². The fourth-order valence-electron chi connectivity index (χ4n) is 5.14. The number of carbonyl (C=O) groups is 2. The second-order valence-electron chi connectivity index (χ2n) is 9.97. The molecule has 1 aromatic carbocycles. The molecule has 2 aliphatic carbocycles. The van der Waals surface area contributed by atoms with Crippen molar-refractivity contribution in [3.63, 3.8) is 0 Å². The Morgan fingerprint density at radius 3 is 2.42 bits per heavy atom. The number of benzene rings is 1. The van der Waals surface area contributed by atoms with Crippen molar-refractivity contribution in [2.24, 2.45) is 0 Å². The van der Waals surface area contributed by atoms with Crippen LogP contribution < -0.4 is 20.9 Å². The highest BCUT2D eigenvalue weighted by Crippen LogP contribution is 2.29. The van der Waals surface area contributed by atoms with Gasteiger partial charge in [0, 0.05) is 38.2 Å². The Morgan fingerprint density at radius 2 is 1.72 bits per heavy atom. The second kappa shape index (κ2) is 12.1. The summed E-state index contributed by atoms with van der Waals surface area (Å²) in [5, 5.41) is 9.38. The van der Waals surface area contributed by atoms with Crippen molar-refractivity contribution in [3.8, 4) is 0 Å². The van der Waals surface area contributed by atoms with Crippen molar-refractivity contribution in [1.29, 1.82) is 0 Å². The highest BCUT2D eigenvalue weighted by molar-refractivity contribution is 5.83. The average molecular weight is 495 g/mol. The molecule has 9 nitrogen and oxygen atoms in total. The summed E-state index contributed by atoms with van der Waals surface area (Å²) < 4.78 is 4.90. The molecule has 0 aliphatic heterocycles. The molecule has 2 aromatic rings. The van der Waals surface area contributed by atoms with Crippen molar-refractivity contribution in [3.05, 3.63) is 47.2 Å². The molecule has 2 aliphatic rings. The summed E-state index contributed by atoms with van der Waals surface area (Å²) in [6.07, 6.45) is 8.32. The third-order valence-electron chi connectivity index (χ3n) is 7.05. The van der Waals surface area contributed by atoms with Gasteiger partial charge < -0.3 is 25.6 Å². The number of esters is 1. The number of amides is 2. The van der Waals surface area contributed by atoms with Gasteiger partial charge in [0.15, 0.2) is 0 Å². The Bertz CT molecular complexity index is 1040. The van der Waals surface area contributed by atoms with Gasteiger partial charge in [-0.05, 0) is 56.9 Å². The molecular formula is C27H38N6O3. The molecule has 1 aromatic heterocycles. The van der Waals surface area contributed by atoms with Crippen LogP contribution in [0.25, 0.3) is 0 Å². The molecule has 0 radical (unpaired) electrons. The molecule has 0 saturated heterocycles. The van der Waals surface area contributed by atoms with E-state index in [9.17, 15) is 9.59 Å². The molecule has 9 heteroatoms. The number of anilines is 2. The summed E-state index contributed by atoms with van der Waals surface area (Å²) in [6.45, 7) is 0. The zero-order valence-electron chi connectivity index (χ0n) is 21.5. The summed E-state index contributed by atoms with van der Waals surface area (Å²) in [5.41, 5.74) is 3.42. The van der Waals surface area contributed by atoms with Gasteiger partial charge in [-0.3, -0.25) is 0 Å². The van der Waals surface area contributed by atoms with E-state index in [1.165, 1.54) is 31.2 Å². The van der Waals surface area contributed by atoms with Crippen molar-refractivity contribution >= 4 is 23.8 Å². The number of urea groups is 1. The lowest BCUT2D eigenvalue weighted by Crippen LogP contribution is -2.51. The van der Waals surface area contributed by atoms with Gasteiger partial charge in [0.25, 0.3) is 0 Å². The molecule has 1 atom stereocenters. The average Bonchev–Trinajstić information content (AvgIpc) is 2.89. The Hall–Kier alpha value is -3.36. The number of hydrogen-bond acceptors (Lipinski definition) is 7. The van der Waals surface area contributed by atoms with E-state index >= 15 is 0 Å². The minimum atomic E-state index is -0.734. The quantitative estimate of drug-likeness (QED) is 0.484. The largest absolute Gasteiger partial charge is 0.467 e. The predicted octanol–water partition coefficient (Wildman–Crippen LogP) is 3.23. The molecule has 2 amide bonds. The highest BCUT2D eigenvalue weighted by Gasteiger charge is 2.27. The third-order valence-corrected chi connectivity index (χ3v) is 7.05. The van der Waals surface area contributed by atoms with Crippen LogP contribution in [-0.2, 0) is 28.8 Å². The Labute approximate surface area is 213 Å². The van der Waals surface area contributed by atoms with Gasteiger partial charge in [-0.15, -0.1) is 0 Å². The van der Waals surface area contributed by atoms with E-state index in [1.807, 2.05) is 44.4 Å². The van der Waals surface area contributed by atoms with Crippen LogP contribution in [0.1, 0.15) is 55.3 Å². The molecule has 0 bridgehead atoms.